The van der Waals surface area contributed by atoms with E-state index in [1.807, 2.05) is 0 Å². The van der Waals surface area contributed by atoms with Gasteiger partial charge >= 0.3 is 0 Å². The molecule has 1 atom stereocenters. The number of hydrogen-bond acceptors (Lipinski definition) is 3. The summed E-state index contributed by atoms with van der Waals surface area (Å²) in [6.07, 6.45) is 2.76. The number of rotatable bonds is 6. The second-order valence-electron chi connectivity index (χ2n) is 5.27. The van der Waals surface area contributed by atoms with Gasteiger partial charge in [-0.1, -0.05) is 19.9 Å². The van der Waals surface area contributed by atoms with Crippen LogP contribution in [0, 0.1) is 11.3 Å². The SMILES string of the molecule is CC(C)C1(CNCC(N)c2cccs2)CC1. The Hall–Kier alpha value is -0.380. The van der Waals surface area contributed by atoms with Gasteiger partial charge in [-0.25, -0.2) is 0 Å². The Balaban J connectivity index is 1.73. The fourth-order valence-corrected chi connectivity index (χ4v) is 2.93. The Bertz CT molecular complexity index is 315. The van der Waals surface area contributed by atoms with E-state index in [9.17, 15) is 0 Å². The summed E-state index contributed by atoms with van der Waals surface area (Å²) in [5.41, 5.74) is 6.69. The van der Waals surface area contributed by atoms with Gasteiger partial charge in [0.05, 0.1) is 6.04 Å². The zero-order chi connectivity index (χ0) is 11.6. The maximum absolute atomic E-state index is 6.11. The molecule has 16 heavy (non-hydrogen) atoms. The van der Waals surface area contributed by atoms with E-state index >= 15 is 0 Å². The molecule has 1 aromatic rings. The maximum atomic E-state index is 6.11. The van der Waals surface area contributed by atoms with Gasteiger partial charge < -0.3 is 11.1 Å². The fourth-order valence-electron chi connectivity index (χ4n) is 2.20. The molecule has 0 amide bonds. The van der Waals surface area contributed by atoms with E-state index in [2.05, 4.69) is 36.7 Å². The van der Waals surface area contributed by atoms with Gasteiger partial charge in [-0.15, -0.1) is 11.3 Å². The Labute approximate surface area is 102 Å². The molecular formula is C13H22N2S. The summed E-state index contributed by atoms with van der Waals surface area (Å²) in [6.45, 7) is 6.68. The molecule has 3 N–H and O–H groups in total. The highest BCUT2D eigenvalue weighted by atomic mass is 32.1. The molecule has 0 aliphatic heterocycles. The fraction of sp³-hybridized carbons (Fsp3) is 0.692. The van der Waals surface area contributed by atoms with E-state index in [-0.39, 0.29) is 6.04 Å². The molecule has 2 nitrogen and oxygen atoms in total. The highest BCUT2D eigenvalue weighted by Gasteiger charge is 2.44. The predicted molar refractivity (Wildman–Crippen MR) is 70.6 cm³/mol. The van der Waals surface area contributed by atoms with Gasteiger partial charge in [0.15, 0.2) is 0 Å². The summed E-state index contributed by atoms with van der Waals surface area (Å²) in [5, 5.41) is 5.63. The normalized spacial score (nSPS) is 20.0. The largest absolute Gasteiger partial charge is 0.322 e. The van der Waals surface area contributed by atoms with E-state index in [1.165, 1.54) is 17.7 Å². The first-order chi connectivity index (χ1) is 7.64. The Morgan fingerprint density at radius 1 is 1.50 bits per heavy atom. The lowest BCUT2D eigenvalue weighted by atomic mass is 9.92. The van der Waals surface area contributed by atoms with Crippen molar-refractivity contribution in [3.8, 4) is 0 Å². The minimum Gasteiger partial charge on any atom is -0.322 e. The molecule has 3 heteroatoms. The van der Waals surface area contributed by atoms with E-state index in [1.54, 1.807) is 11.3 Å². The van der Waals surface area contributed by atoms with Crippen molar-refractivity contribution in [3.05, 3.63) is 22.4 Å². The zero-order valence-electron chi connectivity index (χ0n) is 10.2. The third kappa shape index (κ3) is 2.65. The standard InChI is InChI=1S/C13H22N2S/c1-10(2)13(5-6-13)9-15-8-11(14)12-4-3-7-16-12/h3-4,7,10-11,15H,5-6,8-9,14H2,1-2H3. The first-order valence-electron chi connectivity index (χ1n) is 6.14. The van der Waals surface area contributed by atoms with Gasteiger partial charge in [0.1, 0.15) is 0 Å². The second-order valence-corrected chi connectivity index (χ2v) is 6.25. The Morgan fingerprint density at radius 2 is 2.25 bits per heavy atom. The third-order valence-electron chi connectivity index (χ3n) is 3.87. The third-order valence-corrected chi connectivity index (χ3v) is 4.87. The molecule has 1 aliphatic carbocycles. The van der Waals surface area contributed by atoms with Crippen molar-refractivity contribution in [1.29, 1.82) is 0 Å². The van der Waals surface area contributed by atoms with Crippen molar-refractivity contribution < 1.29 is 0 Å². The molecule has 0 aromatic carbocycles. The lowest BCUT2D eigenvalue weighted by molar-refractivity contribution is 0.335. The van der Waals surface area contributed by atoms with Gasteiger partial charge in [-0.05, 0) is 35.6 Å². The van der Waals surface area contributed by atoms with Crippen LogP contribution in [-0.2, 0) is 0 Å². The van der Waals surface area contributed by atoms with Crippen LogP contribution in [0.4, 0.5) is 0 Å². The summed E-state index contributed by atoms with van der Waals surface area (Å²) >= 11 is 1.75. The monoisotopic (exact) mass is 238 g/mol. The Kier molecular flexibility index (Phi) is 3.67. The van der Waals surface area contributed by atoms with Gasteiger partial charge in [0.25, 0.3) is 0 Å². The topological polar surface area (TPSA) is 38.0 Å². The van der Waals surface area contributed by atoms with E-state index in [0.29, 0.717) is 5.41 Å². The summed E-state index contributed by atoms with van der Waals surface area (Å²) in [6, 6.07) is 4.34. The minimum atomic E-state index is 0.156. The minimum absolute atomic E-state index is 0.156. The van der Waals surface area contributed by atoms with Crippen molar-refractivity contribution in [3.63, 3.8) is 0 Å². The molecule has 90 valence electrons. The maximum Gasteiger partial charge on any atom is 0.0516 e. The van der Waals surface area contributed by atoms with Crippen molar-refractivity contribution in [2.45, 2.75) is 32.7 Å². The van der Waals surface area contributed by atoms with Gasteiger partial charge in [0, 0.05) is 18.0 Å². The molecule has 0 bridgehead atoms. The molecule has 0 spiro atoms. The van der Waals surface area contributed by atoms with Crippen LogP contribution >= 0.6 is 11.3 Å². The molecule has 1 saturated carbocycles. The Morgan fingerprint density at radius 3 is 2.75 bits per heavy atom. The van der Waals surface area contributed by atoms with Crippen molar-refractivity contribution in [1.82, 2.24) is 5.32 Å². The van der Waals surface area contributed by atoms with Crippen LogP contribution in [0.1, 0.15) is 37.6 Å². The number of hydrogen-bond donors (Lipinski definition) is 2. The lowest BCUT2D eigenvalue weighted by Crippen LogP contribution is -2.33. The smallest absolute Gasteiger partial charge is 0.0516 e. The van der Waals surface area contributed by atoms with Crippen molar-refractivity contribution in [2.75, 3.05) is 13.1 Å². The molecule has 2 rings (SSSR count). The molecule has 1 fully saturated rings. The molecule has 0 radical (unpaired) electrons. The van der Waals surface area contributed by atoms with E-state index in [0.717, 1.165) is 19.0 Å². The molecular weight excluding hydrogens is 216 g/mol. The average molecular weight is 238 g/mol. The first kappa shape index (κ1) is 12.1. The quantitative estimate of drug-likeness (QED) is 0.800. The molecule has 0 saturated heterocycles. The van der Waals surface area contributed by atoms with Crippen molar-refractivity contribution >= 4 is 11.3 Å². The summed E-state index contributed by atoms with van der Waals surface area (Å²) in [4.78, 5) is 1.28. The van der Waals surface area contributed by atoms with Gasteiger partial charge in [-0.2, -0.15) is 0 Å². The summed E-state index contributed by atoms with van der Waals surface area (Å²) in [7, 11) is 0. The van der Waals surface area contributed by atoms with Crippen molar-refractivity contribution in [2.24, 2.45) is 17.1 Å². The van der Waals surface area contributed by atoms with Crippen LogP contribution < -0.4 is 11.1 Å². The number of nitrogens with two attached hydrogens (primary N) is 1. The van der Waals surface area contributed by atoms with E-state index in [4.69, 9.17) is 5.73 Å². The zero-order valence-corrected chi connectivity index (χ0v) is 11.0. The summed E-state index contributed by atoms with van der Waals surface area (Å²) < 4.78 is 0. The lowest BCUT2D eigenvalue weighted by Gasteiger charge is -2.21. The highest BCUT2D eigenvalue weighted by molar-refractivity contribution is 7.10. The van der Waals surface area contributed by atoms with Crippen LogP contribution in [0.5, 0.6) is 0 Å². The molecule has 1 unspecified atom stereocenters. The number of nitrogens with one attached hydrogen (secondary N) is 1. The predicted octanol–water partition coefficient (Wildman–Crippen LogP) is 2.77. The second kappa shape index (κ2) is 4.86. The highest BCUT2D eigenvalue weighted by Crippen LogP contribution is 2.51. The number of thiophene rings is 1. The molecule has 1 aliphatic rings. The van der Waals surface area contributed by atoms with Crippen LogP contribution in [0.25, 0.3) is 0 Å². The van der Waals surface area contributed by atoms with E-state index < -0.39 is 0 Å². The summed E-state index contributed by atoms with van der Waals surface area (Å²) in [5.74, 6) is 0.790. The average Bonchev–Trinajstić information content (AvgIpc) is 2.85. The van der Waals surface area contributed by atoms with Gasteiger partial charge in [-0.3, -0.25) is 0 Å². The van der Waals surface area contributed by atoms with Crippen LogP contribution in [-0.4, -0.2) is 13.1 Å². The van der Waals surface area contributed by atoms with Crippen LogP contribution in [0.2, 0.25) is 0 Å². The molecule has 1 aromatic heterocycles. The van der Waals surface area contributed by atoms with Crippen LogP contribution in [0.3, 0.4) is 0 Å². The first-order valence-corrected chi connectivity index (χ1v) is 7.02. The van der Waals surface area contributed by atoms with Gasteiger partial charge in [0.2, 0.25) is 0 Å². The molecule has 1 heterocycles. The van der Waals surface area contributed by atoms with Crippen LogP contribution in [0.15, 0.2) is 17.5 Å².